The molecule has 0 aliphatic carbocycles. The number of hydrogen-bond acceptors (Lipinski definition) is 5. The lowest BCUT2D eigenvalue weighted by atomic mass is 10.2. The molecule has 0 saturated carbocycles. The van der Waals surface area contributed by atoms with Crippen LogP contribution in [-0.4, -0.2) is 53.3 Å². The molecule has 0 spiro atoms. The molecule has 24 heavy (non-hydrogen) atoms. The number of benzene rings is 1. The summed E-state index contributed by atoms with van der Waals surface area (Å²) in [5, 5.41) is 0.715. The van der Waals surface area contributed by atoms with Crippen LogP contribution in [-0.2, 0) is 0 Å². The predicted octanol–water partition coefficient (Wildman–Crippen LogP) is 2.38. The summed E-state index contributed by atoms with van der Waals surface area (Å²) in [6, 6.07) is 10.2. The monoisotopic (exact) mass is 344 g/mol. The van der Waals surface area contributed by atoms with Gasteiger partial charge in [0.1, 0.15) is 0 Å². The molecule has 0 bridgehead atoms. The van der Waals surface area contributed by atoms with Gasteiger partial charge in [0, 0.05) is 49.9 Å². The zero-order valence-electron chi connectivity index (χ0n) is 14.1. The van der Waals surface area contributed by atoms with Crippen molar-refractivity contribution in [2.45, 2.75) is 18.5 Å². The van der Waals surface area contributed by atoms with Gasteiger partial charge in [0.2, 0.25) is 0 Å². The number of nitrogens with zero attached hydrogens (tertiary/aromatic N) is 3. The van der Waals surface area contributed by atoms with E-state index < -0.39 is 0 Å². The minimum atomic E-state index is -0.0835. The molecule has 6 heteroatoms. The summed E-state index contributed by atoms with van der Waals surface area (Å²) < 4.78 is 0. The molecule has 128 valence electrons. The van der Waals surface area contributed by atoms with Crippen molar-refractivity contribution in [3.8, 4) is 0 Å². The van der Waals surface area contributed by atoms with Crippen molar-refractivity contribution >= 4 is 17.4 Å². The van der Waals surface area contributed by atoms with E-state index in [1.165, 1.54) is 17.3 Å². The van der Waals surface area contributed by atoms with Gasteiger partial charge in [-0.1, -0.05) is 23.9 Å². The average Bonchev–Trinajstić information content (AvgIpc) is 2.59. The Morgan fingerprint density at radius 2 is 2.04 bits per heavy atom. The van der Waals surface area contributed by atoms with Crippen LogP contribution >= 0.6 is 11.8 Å². The maximum Gasteiger partial charge on any atom is 0.251 e. The van der Waals surface area contributed by atoms with Gasteiger partial charge in [0.15, 0.2) is 5.16 Å². The zero-order valence-corrected chi connectivity index (χ0v) is 14.9. The number of piperazine rings is 1. The van der Waals surface area contributed by atoms with Crippen molar-refractivity contribution in [1.82, 2.24) is 14.9 Å². The third-order valence-corrected chi connectivity index (χ3v) is 5.22. The fourth-order valence-electron chi connectivity index (χ4n) is 2.94. The molecule has 5 nitrogen and oxygen atoms in total. The summed E-state index contributed by atoms with van der Waals surface area (Å²) in [5.74, 6) is 0.977. The Balaban J connectivity index is 1.37. The number of aromatic nitrogens is 2. The first-order chi connectivity index (χ1) is 11.7. The van der Waals surface area contributed by atoms with Crippen molar-refractivity contribution in [3.63, 3.8) is 0 Å². The van der Waals surface area contributed by atoms with Crippen LogP contribution < -0.4 is 10.5 Å². The van der Waals surface area contributed by atoms with Crippen LogP contribution in [0.25, 0.3) is 0 Å². The van der Waals surface area contributed by atoms with Crippen LogP contribution in [0, 0.1) is 6.92 Å². The molecule has 1 aromatic carbocycles. The lowest BCUT2D eigenvalue weighted by Crippen LogP contribution is -2.46. The Morgan fingerprint density at radius 3 is 2.79 bits per heavy atom. The van der Waals surface area contributed by atoms with Crippen LogP contribution in [0.1, 0.15) is 12.0 Å². The van der Waals surface area contributed by atoms with Crippen LogP contribution in [0.4, 0.5) is 5.69 Å². The van der Waals surface area contributed by atoms with E-state index in [1.807, 2.05) is 0 Å². The molecule has 1 aromatic heterocycles. The van der Waals surface area contributed by atoms with E-state index >= 15 is 0 Å². The first-order valence-corrected chi connectivity index (χ1v) is 9.41. The summed E-state index contributed by atoms with van der Waals surface area (Å²) in [5.41, 5.74) is 2.57. The van der Waals surface area contributed by atoms with Gasteiger partial charge in [-0.3, -0.25) is 9.69 Å². The highest BCUT2D eigenvalue weighted by atomic mass is 32.2. The Morgan fingerprint density at radius 1 is 1.21 bits per heavy atom. The van der Waals surface area contributed by atoms with Gasteiger partial charge in [0.05, 0.1) is 0 Å². The molecule has 3 rings (SSSR count). The number of rotatable bonds is 6. The highest BCUT2D eigenvalue weighted by Gasteiger charge is 2.16. The van der Waals surface area contributed by atoms with Crippen LogP contribution in [0.3, 0.4) is 0 Å². The highest BCUT2D eigenvalue weighted by molar-refractivity contribution is 7.99. The minimum Gasteiger partial charge on any atom is -0.369 e. The van der Waals surface area contributed by atoms with Crippen molar-refractivity contribution < 1.29 is 0 Å². The number of H-pyrrole nitrogens is 1. The van der Waals surface area contributed by atoms with Crippen molar-refractivity contribution in [2.24, 2.45) is 0 Å². The fraction of sp³-hybridized carbons (Fsp3) is 0.444. The summed E-state index contributed by atoms with van der Waals surface area (Å²) in [6.45, 7) is 7.64. The third-order valence-electron chi connectivity index (χ3n) is 4.24. The van der Waals surface area contributed by atoms with E-state index in [1.54, 1.807) is 18.0 Å². The molecule has 1 aliphatic heterocycles. The summed E-state index contributed by atoms with van der Waals surface area (Å²) in [6.07, 6.45) is 2.67. The van der Waals surface area contributed by atoms with E-state index in [4.69, 9.17) is 0 Å². The van der Waals surface area contributed by atoms with Gasteiger partial charge in [-0.05, 0) is 37.6 Å². The van der Waals surface area contributed by atoms with E-state index in [0.717, 1.165) is 44.9 Å². The number of aryl methyl sites for hydroxylation is 1. The van der Waals surface area contributed by atoms with E-state index in [2.05, 4.69) is 51.0 Å². The lowest BCUT2D eigenvalue weighted by Gasteiger charge is -2.36. The second-order valence-corrected chi connectivity index (χ2v) is 7.19. The number of thioether (sulfide) groups is 1. The van der Waals surface area contributed by atoms with Crippen molar-refractivity contribution in [3.05, 3.63) is 52.4 Å². The Labute approximate surface area is 147 Å². The Hall–Kier alpha value is -1.79. The molecule has 1 aliphatic rings. The summed E-state index contributed by atoms with van der Waals surface area (Å²) in [4.78, 5) is 23.1. The molecule has 0 atom stereocenters. The molecular formula is C18H24N4OS. The summed E-state index contributed by atoms with van der Waals surface area (Å²) in [7, 11) is 0. The van der Waals surface area contributed by atoms with E-state index in [0.29, 0.717) is 5.16 Å². The van der Waals surface area contributed by atoms with Gasteiger partial charge in [0.25, 0.3) is 5.56 Å². The Bertz CT molecular complexity index is 710. The summed E-state index contributed by atoms with van der Waals surface area (Å²) >= 11 is 1.62. The Kier molecular flexibility index (Phi) is 5.93. The number of anilines is 1. The van der Waals surface area contributed by atoms with E-state index in [9.17, 15) is 4.79 Å². The van der Waals surface area contributed by atoms with Gasteiger partial charge < -0.3 is 9.88 Å². The first-order valence-electron chi connectivity index (χ1n) is 8.43. The third kappa shape index (κ3) is 4.85. The van der Waals surface area contributed by atoms with Gasteiger partial charge in [-0.15, -0.1) is 0 Å². The van der Waals surface area contributed by atoms with Gasteiger partial charge in [-0.25, -0.2) is 4.98 Å². The lowest BCUT2D eigenvalue weighted by molar-refractivity contribution is 0.259. The SMILES string of the molecule is Cc1cccc(N2CCN(CCCSc3nccc(=O)[nH]3)CC2)c1. The molecule has 2 heterocycles. The largest absolute Gasteiger partial charge is 0.369 e. The molecule has 2 aromatic rings. The number of hydrogen-bond donors (Lipinski definition) is 1. The molecule has 0 amide bonds. The fourth-order valence-corrected chi connectivity index (χ4v) is 3.71. The molecule has 1 saturated heterocycles. The van der Waals surface area contributed by atoms with E-state index in [-0.39, 0.29) is 5.56 Å². The second kappa shape index (κ2) is 8.35. The molecule has 1 N–H and O–H groups in total. The molecule has 1 fully saturated rings. The topological polar surface area (TPSA) is 52.2 Å². The highest BCUT2D eigenvalue weighted by Crippen LogP contribution is 2.18. The normalized spacial score (nSPS) is 15.6. The smallest absolute Gasteiger partial charge is 0.251 e. The second-order valence-electron chi connectivity index (χ2n) is 6.11. The average molecular weight is 344 g/mol. The predicted molar refractivity (Wildman–Crippen MR) is 100 cm³/mol. The quantitative estimate of drug-likeness (QED) is 0.495. The van der Waals surface area contributed by atoms with Crippen molar-refractivity contribution in [2.75, 3.05) is 43.4 Å². The number of nitrogens with one attached hydrogen (secondary N) is 1. The number of aromatic amines is 1. The van der Waals surface area contributed by atoms with Crippen LogP contribution in [0.5, 0.6) is 0 Å². The maximum absolute atomic E-state index is 11.2. The van der Waals surface area contributed by atoms with Crippen LogP contribution in [0.2, 0.25) is 0 Å². The molecule has 0 unspecified atom stereocenters. The van der Waals surface area contributed by atoms with Crippen LogP contribution in [0.15, 0.2) is 46.5 Å². The van der Waals surface area contributed by atoms with Crippen molar-refractivity contribution in [1.29, 1.82) is 0 Å². The van der Waals surface area contributed by atoms with Gasteiger partial charge in [-0.2, -0.15) is 0 Å². The standard InChI is InChI=1S/C18H24N4OS/c1-15-4-2-5-16(14-15)22-11-9-21(10-12-22)8-3-13-24-18-19-7-6-17(23)20-18/h2,4-7,14H,3,8-13H2,1H3,(H,19,20,23). The molecular weight excluding hydrogens is 320 g/mol. The maximum atomic E-state index is 11.2. The molecule has 0 radical (unpaired) electrons. The van der Waals surface area contributed by atoms with Gasteiger partial charge >= 0.3 is 0 Å². The first kappa shape index (κ1) is 17.0. The zero-order chi connectivity index (χ0) is 16.8. The minimum absolute atomic E-state index is 0.0835.